The first-order valence-electron chi connectivity index (χ1n) is 6.56. The van der Waals surface area contributed by atoms with E-state index in [1.54, 1.807) is 0 Å². The van der Waals surface area contributed by atoms with Crippen molar-refractivity contribution < 1.29 is 0 Å². The van der Waals surface area contributed by atoms with Crippen LogP contribution in [-0.4, -0.2) is 18.4 Å². The molecule has 1 heterocycles. The lowest BCUT2D eigenvalue weighted by Gasteiger charge is -2.24. The van der Waals surface area contributed by atoms with Crippen LogP contribution in [0.4, 0.5) is 0 Å². The molecule has 0 fully saturated rings. The third-order valence-electron chi connectivity index (χ3n) is 3.36. The summed E-state index contributed by atoms with van der Waals surface area (Å²) in [6, 6.07) is 11.1. The van der Waals surface area contributed by atoms with Crippen LogP contribution in [0.25, 0.3) is 5.57 Å². The molecule has 96 valence electrons. The van der Waals surface area contributed by atoms with E-state index in [-0.39, 0.29) is 0 Å². The van der Waals surface area contributed by atoms with E-state index in [9.17, 15) is 0 Å². The van der Waals surface area contributed by atoms with Crippen LogP contribution in [-0.2, 0) is 0 Å². The Labute approximate surface area is 109 Å². The maximum atomic E-state index is 7.23. The van der Waals surface area contributed by atoms with E-state index in [1.807, 2.05) is 0 Å². The molecule has 0 aromatic heterocycles. The van der Waals surface area contributed by atoms with Gasteiger partial charge in [0, 0.05) is 19.0 Å². The van der Waals surface area contributed by atoms with E-state index in [0.717, 1.165) is 25.8 Å². The molecule has 4 N–H and O–H groups in total. The van der Waals surface area contributed by atoms with Gasteiger partial charge >= 0.3 is 0 Å². The first kappa shape index (κ1) is 12.8. The molecular formula is C15H21N3. The molecular weight excluding hydrogens is 222 g/mol. The van der Waals surface area contributed by atoms with Gasteiger partial charge in [-0.05, 0) is 30.4 Å². The highest BCUT2D eigenvalue weighted by molar-refractivity contribution is 5.76. The molecule has 0 spiro atoms. The second-order valence-electron chi connectivity index (χ2n) is 4.82. The van der Waals surface area contributed by atoms with Crippen LogP contribution >= 0.6 is 0 Å². The van der Waals surface area contributed by atoms with E-state index >= 15 is 0 Å². The fraction of sp³-hybridized carbons (Fsp3) is 0.400. The molecule has 3 nitrogen and oxygen atoms in total. The monoisotopic (exact) mass is 243 g/mol. The molecule has 0 saturated heterocycles. The average molecular weight is 243 g/mol. The quantitative estimate of drug-likeness (QED) is 0.549. The van der Waals surface area contributed by atoms with Gasteiger partial charge in [-0.15, -0.1) is 0 Å². The molecule has 0 saturated carbocycles. The minimum Gasteiger partial charge on any atom is -0.388 e. The zero-order valence-electron chi connectivity index (χ0n) is 10.7. The third kappa shape index (κ3) is 3.70. The van der Waals surface area contributed by atoms with Crippen LogP contribution in [0, 0.1) is 5.41 Å². The summed E-state index contributed by atoms with van der Waals surface area (Å²) in [6.07, 6.45) is 6.14. The second-order valence-corrected chi connectivity index (χ2v) is 4.82. The maximum Gasteiger partial charge on any atom is 0.0905 e. The lowest BCUT2D eigenvalue weighted by Crippen LogP contribution is -2.33. The van der Waals surface area contributed by atoms with Crippen LogP contribution in [0.3, 0.4) is 0 Å². The average Bonchev–Trinajstić information content (AvgIpc) is 2.40. The lowest BCUT2D eigenvalue weighted by molar-refractivity contribution is 0.489. The Kier molecular flexibility index (Phi) is 4.53. The predicted octanol–water partition coefficient (Wildman–Crippen LogP) is 2.54. The van der Waals surface area contributed by atoms with Crippen molar-refractivity contribution in [2.45, 2.75) is 31.7 Å². The van der Waals surface area contributed by atoms with Crippen LogP contribution in [0.5, 0.6) is 0 Å². The molecule has 3 heteroatoms. The molecule has 0 bridgehead atoms. The van der Waals surface area contributed by atoms with Gasteiger partial charge in [0.25, 0.3) is 0 Å². The molecule has 1 aromatic rings. The molecule has 1 atom stereocenters. The number of rotatable bonds is 5. The summed E-state index contributed by atoms with van der Waals surface area (Å²) >= 11 is 0. The largest absolute Gasteiger partial charge is 0.388 e. The fourth-order valence-electron chi connectivity index (χ4n) is 2.40. The Hall–Kier alpha value is -1.61. The first-order chi connectivity index (χ1) is 8.75. The molecule has 1 unspecified atom stereocenters. The van der Waals surface area contributed by atoms with Gasteiger partial charge < -0.3 is 11.1 Å². The second kappa shape index (κ2) is 6.36. The highest BCUT2D eigenvalue weighted by atomic mass is 14.9. The third-order valence-corrected chi connectivity index (χ3v) is 3.36. The lowest BCUT2D eigenvalue weighted by atomic mass is 9.93. The Balaban J connectivity index is 1.88. The molecule has 1 aromatic carbocycles. The number of nitrogens with one attached hydrogen (secondary N) is 2. The topological polar surface area (TPSA) is 61.9 Å². The van der Waals surface area contributed by atoms with E-state index in [4.69, 9.17) is 11.1 Å². The van der Waals surface area contributed by atoms with E-state index < -0.39 is 0 Å². The van der Waals surface area contributed by atoms with Crippen molar-refractivity contribution in [1.82, 2.24) is 5.32 Å². The Morgan fingerprint density at radius 3 is 2.83 bits per heavy atom. The van der Waals surface area contributed by atoms with Crippen LogP contribution in [0.15, 0.2) is 36.4 Å². The van der Waals surface area contributed by atoms with Gasteiger partial charge in [0.2, 0.25) is 0 Å². The normalized spacial score (nSPS) is 19.3. The zero-order valence-corrected chi connectivity index (χ0v) is 10.7. The van der Waals surface area contributed by atoms with Gasteiger partial charge in [-0.25, -0.2) is 0 Å². The summed E-state index contributed by atoms with van der Waals surface area (Å²) in [5.74, 6) is 0.296. The van der Waals surface area contributed by atoms with Gasteiger partial charge in [-0.3, -0.25) is 5.41 Å². The summed E-state index contributed by atoms with van der Waals surface area (Å²) in [5.41, 5.74) is 8.14. The maximum absolute atomic E-state index is 7.23. The van der Waals surface area contributed by atoms with Crippen molar-refractivity contribution >= 4 is 11.4 Å². The van der Waals surface area contributed by atoms with Gasteiger partial charge in [0.05, 0.1) is 5.84 Å². The summed E-state index contributed by atoms with van der Waals surface area (Å²) < 4.78 is 0. The van der Waals surface area contributed by atoms with Crippen molar-refractivity contribution in [3.05, 3.63) is 42.0 Å². The predicted molar refractivity (Wildman–Crippen MR) is 76.6 cm³/mol. The zero-order chi connectivity index (χ0) is 12.8. The van der Waals surface area contributed by atoms with Gasteiger partial charge in [-0.1, -0.05) is 36.4 Å². The summed E-state index contributed by atoms with van der Waals surface area (Å²) in [5, 5.41) is 10.7. The van der Waals surface area contributed by atoms with Crippen molar-refractivity contribution in [3.63, 3.8) is 0 Å². The molecule has 18 heavy (non-hydrogen) atoms. The molecule has 0 aliphatic carbocycles. The van der Waals surface area contributed by atoms with Crippen LogP contribution in [0.1, 0.15) is 31.2 Å². The standard InChI is InChI=1S/C15H21N3/c16-15(17)8-4-7-14-11-13(9-10-18-14)12-5-2-1-3-6-12/h1-3,5-6,9,14,18H,4,7-8,10-11H2,(H3,16,17). The van der Waals surface area contributed by atoms with E-state index in [1.165, 1.54) is 11.1 Å². The molecule has 0 radical (unpaired) electrons. The fourth-order valence-corrected chi connectivity index (χ4v) is 2.40. The SMILES string of the molecule is N=C(N)CCCC1CC(c2ccccc2)=CCN1. The molecule has 1 aliphatic rings. The molecule has 2 rings (SSSR count). The highest BCUT2D eigenvalue weighted by Crippen LogP contribution is 2.24. The molecule has 1 aliphatic heterocycles. The number of hydrogen-bond acceptors (Lipinski definition) is 2. The van der Waals surface area contributed by atoms with E-state index in [0.29, 0.717) is 18.3 Å². The Morgan fingerprint density at radius 2 is 2.11 bits per heavy atom. The van der Waals surface area contributed by atoms with Gasteiger partial charge in [-0.2, -0.15) is 0 Å². The Bertz CT molecular complexity index is 423. The van der Waals surface area contributed by atoms with E-state index in [2.05, 4.69) is 41.7 Å². The van der Waals surface area contributed by atoms with Crippen molar-refractivity contribution in [2.24, 2.45) is 5.73 Å². The van der Waals surface area contributed by atoms with Crippen molar-refractivity contribution in [1.29, 1.82) is 5.41 Å². The van der Waals surface area contributed by atoms with Crippen molar-refractivity contribution in [3.8, 4) is 0 Å². The van der Waals surface area contributed by atoms with Gasteiger partial charge in [0.1, 0.15) is 0 Å². The number of amidine groups is 1. The number of hydrogen-bond donors (Lipinski definition) is 3. The smallest absolute Gasteiger partial charge is 0.0905 e. The van der Waals surface area contributed by atoms with Crippen LogP contribution in [0.2, 0.25) is 0 Å². The minimum atomic E-state index is 0.296. The Morgan fingerprint density at radius 1 is 1.33 bits per heavy atom. The minimum absolute atomic E-state index is 0.296. The summed E-state index contributed by atoms with van der Waals surface area (Å²) in [6.45, 7) is 0.939. The highest BCUT2D eigenvalue weighted by Gasteiger charge is 2.15. The van der Waals surface area contributed by atoms with Crippen LogP contribution < -0.4 is 11.1 Å². The number of nitrogens with two attached hydrogens (primary N) is 1. The first-order valence-corrected chi connectivity index (χ1v) is 6.56. The summed E-state index contributed by atoms with van der Waals surface area (Å²) in [4.78, 5) is 0. The number of benzene rings is 1. The molecule has 0 amide bonds. The summed E-state index contributed by atoms with van der Waals surface area (Å²) in [7, 11) is 0. The van der Waals surface area contributed by atoms with Gasteiger partial charge in [0.15, 0.2) is 0 Å². The van der Waals surface area contributed by atoms with Crippen molar-refractivity contribution in [2.75, 3.05) is 6.54 Å².